The fourth-order valence-corrected chi connectivity index (χ4v) is 2.30. The summed E-state index contributed by atoms with van der Waals surface area (Å²) in [7, 11) is 0. The first kappa shape index (κ1) is 14.0. The number of hydrogen-bond donors (Lipinski definition) is 3. The van der Waals surface area contributed by atoms with Gasteiger partial charge in [0.1, 0.15) is 6.04 Å². The summed E-state index contributed by atoms with van der Waals surface area (Å²) in [5, 5.41) is 4.96. The van der Waals surface area contributed by atoms with Crippen molar-refractivity contribution in [3.8, 4) is 0 Å². The number of primary amides is 1. The van der Waals surface area contributed by atoms with E-state index < -0.39 is 18.0 Å². The number of urea groups is 1. The number of benzene rings is 1. The van der Waals surface area contributed by atoms with Crippen molar-refractivity contribution in [1.82, 2.24) is 5.32 Å². The van der Waals surface area contributed by atoms with Crippen LogP contribution in [0.1, 0.15) is 6.92 Å². The van der Waals surface area contributed by atoms with Crippen molar-refractivity contribution in [2.45, 2.75) is 13.0 Å². The maximum Gasteiger partial charge on any atom is 0.318 e. The van der Waals surface area contributed by atoms with Crippen molar-refractivity contribution in [2.75, 3.05) is 5.32 Å². The first-order valence-corrected chi connectivity index (χ1v) is 6.30. The molecule has 3 amide bonds. The molecule has 0 spiro atoms. The molecular weight excluding hydrogens is 354 g/mol. The molecule has 0 aliphatic rings. The highest BCUT2D eigenvalue weighted by molar-refractivity contribution is 9.11. The fraction of sp³-hybridized carbons (Fsp3) is 0.200. The smallest absolute Gasteiger partial charge is 0.318 e. The van der Waals surface area contributed by atoms with Crippen LogP contribution >= 0.6 is 31.9 Å². The molecule has 7 heteroatoms. The molecule has 92 valence electrons. The Balaban J connectivity index is 2.70. The lowest BCUT2D eigenvalue weighted by molar-refractivity contribution is -0.120. The number of halogens is 2. The Morgan fingerprint density at radius 3 is 2.53 bits per heavy atom. The first-order valence-electron chi connectivity index (χ1n) is 4.72. The van der Waals surface area contributed by atoms with Crippen LogP contribution in [0.4, 0.5) is 10.5 Å². The van der Waals surface area contributed by atoms with Crippen LogP contribution in [0.2, 0.25) is 0 Å². The van der Waals surface area contributed by atoms with Gasteiger partial charge in [0.15, 0.2) is 0 Å². The van der Waals surface area contributed by atoms with Crippen molar-refractivity contribution < 1.29 is 9.59 Å². The normalized spacial score (nSPS) is 11.7. The molecule has 1 unspecified atom stereocenters. The Hall–Kier alpha value is -1.08. The molecule has 0 aliphatic carbocycles. The van der Waals surface area contributed by atoms with Gasteiger partial charge in [0.2, 0.25) is 5.91 Å². The summed E-state index contributed by atoms with van der Waals surface area (Å²) in [6, 6.07) is 4.06. The maximum atomic E-state index is 11.4. The summed E-state index contributed by atoms with van der Waals surface area (Å²) in [4.78, 5) is 22.0. The number of imide groups is 1. The first-order chi connectivity index (χ1) is 7.90. The van der Waals surface area contributed by atoms with E-state index in [9.17, 15) is 9.59 Å². The summed E-state index contributed by atoms with van der Waals surface area (Å²) in [6.07, 6.45) is 0. The molecular formula is C10H11Br2N3O2. The minimum absolute atomic E-state index is 0.479. The van der Waals surface area contributed by atoms with Crippen LogP contribution in [0.15, 0.2) is 27.1 Å². The van der Waals surface area contributed by atoms with Gasteiger partial charge in [-0.15, -0.1) is 0 Å². The molecule has 1 aromatic carbocycles. The second-order valence-electron chi connectivity index (χ2n) is 3.34. The van der Waals surface area contributed by atoms with Crippen LogP contribution < -0.4 is 16.4 Å². The third-order valence-corrected chi connectivity index (χ3v) is 3.09. The zero-order valence-corrected chi connectivity index (χ0v) is 12.1. The zero-order chi connectivity index (χ0) is 13.0. The molecule has 0 aliphatic heterocycles. The van der Waals surface area contributed by atoms with Gasteiger partial charge in [-0.3, -0.25) is 10.1 Å². The minimum Gasteiger partial charge on any atom is -0.373 e. The van der Waals surface area contributed by atoms with Crippen molar-refractivity contribution in [3.05, 3.63) is 27.1 Å². The Morgan fingerprint density at radius 1 is 1.35 bits per heavy atom. The van der Waals surface area contributed by atoms with Gasteiger partial charge in [-0.2, -0.15) is 0 Å². The predicted molar refractivity (Wildman–Crippen MR) is 72.7 cm³/mol. The molecule has 5 nitrogen and oxygen atoms in total. The van der Waals surface area contributed by atoms with Crippen LogP contribution in [0.3, 0.4) is 0 Å². The third-order valence-electron chi connectivity index (χ3n) is 1.94. The number of carbonyl (C=O) groups excluding carboxylic acids is 2. The highest BCUT2D eigenvalue weighted by Crippen LogP contribution is 2.26. The average molecular weight is 365 g/mol. The van der Waals surface area contributed by atoms with E-state index in [1.165, 1.54) is 0 Å². The summed E-state index contributed by atoms with van der Waals surface area (Å²) in [6.45, 7) is 1.63. The fourth-order valence-electron chi connectivity index (χ4n) is 1.14. The van der Waals surface area contributed by atoms with E-state index in [4.69, 9.17) is 5.73 Å². The molecule has 1 atom stereocenters. The van der Waals surface area contributed by atoms with Gasteiger partial charge in [0, 0.05) is 14.6 Å². The number of carbonyl (C=O) groups is 2. The zero-order valence-electron chi connectivity index (χ0n) is 8.96. The summed E-state index contributed by atoms with van der Waals surface area (Å²) >= 11 is 6.69. The molecule has 17 heavy (non-hydrogen) atoms. The van der Waals surface area contributed by atoms with Gasteiger partial charge < -0.3 is 11.1 Å². The number of rotatable bonds is 3. The van der Waals surface area contributed by atoms with Gasteiger partial charge in [-0.1, -0.05) is 15.9 Å². The topological polar surface area (TPSA) is 84.2 Å². The van der Waals surface area contributed by atoms with Crippen LogP contribution in [0.25, 0.3) is 0 Å². The van der Waals surface area contributed by atoms with Crippen molar-refractivity contribution in [2.24, 2.45) is 5.73 Å². The van der Waals surface area contributed by atoms with Crippen LogP contribution in [-0.2, 0) is 4.79 Å². The Morgan fingerprint density at radius 2 is 2.00 bits per heavy atom. The van der Waals surface area contributed by atoms with E-state index in [-0.39, 0.29) is 0 Å². The van der Waals surface area contributed by atoms with E-state index in [0.717, 1.165) is 14.6 Å². The van der Waals surface area contributed by atoms with E-state index in [2.05, 4.69) is 37.2 Å². The van der Waals surface area contributed by atoms with E-state index in [1.807, 2.05) is 23.5 Å². The minimum atomic E-state index is -0.862. The number of amides is 3. The Kier molecular flexibility index (Phi) is 4.95. The van der Waals surface area contributed by atoms with E-state index in [1.54, 1.807) is 6.92 Å². The molecule has 1 rings (SSSR count). The maximum absolute atomic E-state index is 11.4. The number of nitrogens with two attached hydrogens (primary N) is 1. The highest BCUT2D eigenvalue weighted by atomic mass is 79.9. The molecule has 0 bridgehead atoms. The Labute approximate surface area is 115 Å². The quantitative estimate of drug-likeness (QED) is 0.768. The molecule has 0 heterocycles. The monoisotopic (exact) mass is 363 g/mol. The van der Waals surface area contributed by atoms with Crippen LogP contribution in [-0.4, -0.2) is 18.0 Å². The second-order valence-corrected chi connectivity index (χ2v) is 5.11. The van der Waals surface area contributed by atoms with Crippen molar-refractivity contribution in [3.63, 3.8) is 0 Å². The lowest BCUT2D eigenvalue weighted by Crippen LogP contribution is -2.43. The number of anilines is 1. The molecule has 0 radical (unpaired) electrons. The van der Waals surface area contributed by atoms with E-state index >= 15 is 0 Å². The van der Waals surface area contributed by atoms with Crippen LogP contribution in [0.5, 0.6) is 0 Å². The molecule has 0 fully saturated rings. The van der Waals surface area contributed by atoms with Crippen LogP contribution in [0, 0.1) is 0 Å². The molecule has 0 saturated heterocycles. The SMILES string of the molecule is CC(Nc1ccc(Br)cc1Br)C(=O)NC(N)=O. The predicted octanol–water partition coefficient (Wildman–Crippen LogP) is 2.21. The van der Waals surface area contributed by atoms with Crippen molar-refractivity contribution in [1.29, 1.82) is 0 Å². The largest absolute Gasteiger partial charge is 0.373 e. The number of nitrogens with one attached hydrogen (secondary N) is 2. The van der Waals surface area contributed by atoms with Gasteiger partial charge in [-0.05, 0) is 41.1 Å². The van der Waals surface area contributed by atoms with Gasteiger partial charge in [0.05, 0.1) is 0 Å². The summed E-state index contributed by atoms with van der Waals surface area (Å²) in [5.74, 6) is -0.479. The van der Waals surface area contributed by atoms with E-state index in [0.29, 0.717) is 0 Å². The third kappa shape index (κ3) is 4.35. The molecule has 1 aromatic rings. The lowest BCUT2D eigenvalue weighted by Gasteiger charge is -2.15. The second kappa shape index (κ2) is 6.02. The summed E-state index contributed by atoms with van der Waals surface area (Å²) in [5.41, 5.74) is 5.61. The number of hydrogen-bond acceptors (Lipinski definition) is 3. The molecule has 4 N–H and O–H groups in total. The molecule has 0 aromatic heterocycles. The van der Waals surface area contributed by atoms with Crippen molar-refractivity contribution >= 4 is 49.5 Å². The molecule has 0 saturated carbocycles. The van der Waals surface area contributed by atoms with Gasteiger partial charge in [0.25, 0.3) is 0 Å². The average Bonchev–Trinajstić information content (AvgIpc) is 2.21. The summed E-state index contributed by atoms with van der Waals surface area (Å²) < 4.78 is 1.73. The highest BCUT2D eigenvalue weighted by Gasteiger charge is 2.15. The Bertz CT molecular complexity index is 451. The lowest BCUT2D eigenvalue weighted by atomic mass is 10.2. The standard InChI is InChI=1S/C10H11Br2N3O2/c1-5(9(16)15-10(13)17)14-8-3-2-6(11)4-7(8)12/h2-5,14H,1H3,(H3,13,15,16,17). The van der Waals surface area contributed by atoms with Gasteiger partial charge in [-0.25, -0.2) is 4.79 Å². The van der Waals surface area contributed by atoms with Gasteiger partial charge >= 0.3 is 6.03 Å².